The normalized spacial score (nSPS) is 11.1. The molecule has 0 radical (unpaired) electrons. The van der Waals surface area contributed by atoms with Gasteiger partial charge in [0, 0.05) is 0 Å². The zero-order valence-electron chi connectivity index (χ0n) is 9.54. The van der Waals surface area contributed by atoms with Crippen molar-refractivity contribution in [3.8, 4) is 11.1 Å². The SMILES string of the molecule is F/C=C/Cc1ccc(-c2ccc(F)c(F)c2)cc1. The Morgan fingerprint density at radius 1 is 0.833 bits per heavy atom. The van der Waals surface area contributed by atoms with E-state index in [-0.39, 0.29) is 0 Å². The van der Waals surface area contributed by atoms with E-state index in [1.807, 2.05) is 12.1 Å². The molecule has 0 atom stereocenters. The molecule has 0 saturated heterocycles. The monoisotopic (exact) mass is 248 g/mol. The van der Waals surface area contributed by atoms with Crippen LogP contribution in [0.15, 0.2) is 54.9 Å². The van der Waals surface area contributed by atoms with Gasteiger partial charge in [0.15, 0.2) is 11.6 Å². The Balaban J connectivity index is 2.25. The molecule has 0 amide bonds. The lowest BCUT2D eigenvalue weighted by molar-refractivity contribution is 0.509. The van der Waals surface area contributed by atoms with Crippen LogP contribution in [0.1, 0.15) is 5.56 Å². The predicted molar refractivity (Wildman–Crippen MR) is 65.7 cm³/mol. The van der Waals surface area contributed by atoms with Crippen molar-refractivity contribution in [3.63, 3.8) is 0 Å². The lowest BCUT2D eigenvalue weighted by Crippen LogP contribution is -1.86. The van der Waals surface area contributed by atoms with Gasteiger partial charge in [-0.25, -0.2) is 13.2 Å². The van der Waals surface area contributed by atoms with Crippen LogP contribution in [0.4, 0.5) is 13.2 Å². The summed E-state index contributed by atoms with van der Waals surface area (Å²) in [6.07, 6.45) is 2.42. The van der Waals surface area contributed by atoms with Gasteiger partial charge >= 0.3 is 0 Å². The Hall–Kier alpha value is -2.03. The Bertz CT molecular complexity index is 556. The maximum absolute atomic E-state index is 13.1. The number of halogens is 3. The molecule has 0 spiro atoms. The molecule has 0 aliphatic rings. The zero-order chi connectivity index (χ0) is 13.0. The minimum Gasteiger partial charge on any atom is -0.216 e. The van der Waals surface area contributed by atoms with Crippen molar-refractivity contribution in [2.45, 2.75) is 6.42 Å². The minimum atomic E-state index is -0.864. The zero-order valence-corrected chi connectivity index (χ0v) is 9.54. The van der Waals surface area contributed by atoms with Gasteiger partial charge in [-0.15, -0.1) is 0 Å². The summed E-state index contributed by atoms with van der Waals surface area (Å²) in [6, 6.07) is 11.0. The Morgan fingerprint density at radius 3 is 2.11 bits per heavy atom. The van der Waals surface area contributed by atoms with Crippen molar-refractivity contribution < 1.29 is 13.2 Å². The summed E-state index contributed by atoms with van der Waals surface area (Å²) >= 11 is 0. The molecule has 0 nitrogen and oxygen atoms in total. The first-order valence-electron chi connectivity index (χ1n) is 5.50. The van der Waals surface area contributed by atoms with Crippen molar-refractivity contribution in [2.24, 2.45) is 0 Å². The molecule has 0 aliphatic carbocycles. The number of rotatable bonds is 3. The first-order valence-corrected chi connectivity index (χ1v) is 5.50. The summed E-state index contributed by atoms with van der Waals surface area (Å²) in [6.45, 7) is 0. The molecule has 0 unspecified atom stereocenters. The van der Waals surface area contributed by atoms with E-state index < -0.39 is 11.6 Å². The van der Waals surface area contributed by atoms with Crippen LogP contribution in [0.25, 0.3) is 11.1 Å². The highest BCUT2D eigenvalue weighted by atomic mass is 19.2. The number of hydrogen-bond acceptors (Lipinski definition) is 0. The Labute approximate surface area is 103 Å². The molecule has 0 aromatic heterocycles. The summed E-state index contributed by atoms with van der Waals surface area (Å²) in [5.74, 6) is -1.72. The van der Waals surface area contributed by atoms with E-state index in [1.54, 1.807) is 12.1 Å². The molecule has 2 aromatic rings. The van der Waals surface area contributed by atoms with Gasteiger partial charge in [0.2, 0.25) is 0 Å². The third kappa shape index (κ3) is 2.80. The number of allylic oxidation sites excluding steroid dienone is 1. The van der Waals surface area contributed by atoms with E-state index in [1.165, 1.54) is 12.1 Å². The second kappa shape index (κ2) is 5.54. The van der Waals surface area contributed by atoms with Crippen LogP contribution in [0, 0.1) is 11.6 Å². The van der Waals surface area contributed by atoms with E-state index in [4.69, 9.17) is 0 Å². The third-order valence-corrected chi connectivity index (χ3v) is 2.65. The molecule has 0 aliphatic heterocycles. The van der Waals surface area contributed by atoms with Crippen LogP contribution in [0.3, 0.4) is 0 Å². The fourth-order valence-electron chi connectivity index (χ4n) is 1.69. The van der Waals surface area contributed by atoms with E-state index in [9.17, 15) is 13.2 Å². The quantitative estimate of drug-likeness (QED) is 0.741. The number of hydrogen-bond donors (Lipinski definition) is 0. The molecule has 18 heavy (non-hydrogen) atoms. The topological polar surface area (TPSA) is 0 Å². The Morgan fingerprint density at radius 2 is 1.50 bits per heavy atom. The van der Waals surface area contributed by atoms with E-state index in [0.29, 0.717) is 18.3 Å². The van der Waals surface area contributed by atoms with E-state index >= 15 is 0 Å². The first kappa shape index (κ1) is 12.4. The molecule has 0 fully saturated rings. The molecule has 92 valence electrons. The van der Waals surface area contributed by atoms with Crippen molar-refractivity contribution in [2.75, 3.05) is 0 Å². The molecule has 0 saturated carbocycles. The van der Waals surface area contributed by atoms with Crippen molar-refractivity contribution in [1.82, 2.24) is 0 Å². The average molecular weight is 248 g/mol. The van der Waals surface area contributed by atoms with Gasteiger partial charge in [0.1, 0.15) is 0 Å². The van der Waals surface area contributed by atoms with E-state index in [0.717, 1.165) is 23.3 Å². The van der Waals surface area contributed by atoms with Gasteiger partial charge < -0.3 is 0 Å². The fraction of sp³-hybridized carbons (Fsp3) is 0.0667. The molecule has 2 aromatic carbocycles. The second-order valence-electron chi connectivity index (χ2n) is 3.89. The van der Waals surface area contributed by atoms with Crippen LogP contribution in [-0.2, 0) is 6.42 Å². The molecule has 2 rings (SSSR count). The molecule has 0 heterocycles. The molecule has 3 heteroatoms. The molecule has 0 N–H and O–H groups in total. The maximum Gasteiger partial charge on any atom is 0.159 e. The second-order valence-corrected chi connectivity index (χ2v) is 3.89. The molecular formula is C15H11F3. The fourth-order valence-corrected chi connectivity index (χ4v) is 1.69. The van der Waals surface area contributed by atoms with Crippen molar-refractivity contribution >= 4 is 0 Å². The molecule has 0 bridgehead atoms. The van der Waals surface area contributed by atoms with Crippen molar-refractivity contribution in [1.29, 1.82) is 0 Å². The summed E-state index contributed by atoms with van der Waals surface area (Å²) in [5.41, 5.74) is 2.36. The smallest absolute Gasteiger partial charge is 0.159 e. The summed E-state index contributed by atoms with van der Waals surface area (Å²) < 4.78 is 37.7. The van der Waals surface area contributed by atoms with E-state index in [2.05, 4.69) is 0 Å². The van der Waals surface area contributed by atoms with Crippen molar-refractivity contribution in [3.05, 3.63) is 72.1 Å². The van der Waals surface area contributed by atoms with Crippen LogP contribution in [0.5, 0.6) is 0 Å². The highest BCUT2D eigenvalue weighted by Crippen LogP contribution is 2.22. The maximum atomic E-state index is 13.1. The lowest BCUT2D eigenvalue weighted by atomic mass is 10.0. The largest absolute Gasteiger partial charge is 0.216 e. The van der Waals surface area contributed by atoms with Crippen LogP contribution in [0.2, 0.25) is 0 Å². The van der Waals surface area contributed by atoms with Gasteiger partial charge in [-0.2, -0.15) is 0 Å². The first-order chi connectivity index (χ1) is 8.70. The van der Waals surface area contributed by atoms with Gasteiger partial charge in [0.05, 0.1) is 6.33 Å². The summed E-state index contributed by atoms with van der Waals surface area (Å²) in [4.78, 5) is 0. The van der Waals surface area contributed by atoms with Crippen LogP contribution >= 0.6 is 0 Å². The highest BCUT2D eigenvalue weighted by Gasteiger charge is 2.04. The lowest BCUT2D eigenvalue weighted by Gasteiger charge is -2.04. The number of benzene rings is 2. The summed E-state index contributed by atoms with van der Waals surface area (Å²) in [7, 11) is 0. The van der Waals surface area contributed by atoms with Gasteiger partial charge in [0.25, 0.3) is 0 Å². The minimum absolute atomic E-state index is 0.503. The van der Waals surface area contributed by atoms with Gasteiger partial charge in [-0.3, -0.25) is 0 Å². The van der Waals surface area contributed by atoms with Gasteiger partial charge in [-0.05, 0) is 35.2 Å². The summed E-state index contributed by atoms with van der Waals surface area (Å²) in [5, 5.41) is 0. The predicted octanol–water partition coefficient (Wildman–Crippen LogP) is 4.66. The van der Waals surface area contributed by atoms with Crippen LogP contribution < -0.4 is 0 Å². The molecular weight excluding hydrogens is 237 g/mol. The van der Waals surface area contributed by atoms with Crippen LogP contribution in [-0.4, -0.2) is 0 Å². The van der Waals surface area contributed by atoms with Gasteiger partial charge in [-0.1, -0.05) is 36.4 Å². The Kier molecular flexibility index (Phi) is 3.82. The average Bonchev–Trinajstić information content (AvgIpc) is 2.40. The third-order valence-electron chi connectivity index (χ3n) is 2.65. The highest BCUT2D eigenvalue weighted by molar-refractivity contribution is 5.63. The standard InChI is InChI=1S/C15H11F3/c16-9-1-2-11-3-5-12(6-4-11)13-7-8-14(17)15(18)10-13/h1,3-10H,2H2/b9-1+.